The lowest BCUT2D eigenvalue weighted by Crippen LogP contribution is -2.30. The van der Waals surface area contributed by atoms with E-state index in [0.29, 0.717) is 17.7 Å². The van der Waals surface area contributed by atoms with Crippen molar-refractivity contribution in [1.29, 1.82) is 0 Å². The fraction of sp³-hybridized carbons (Fsp3) is 0.200. The number of hydrogen-bond donors (Lipinski definition) is 1. The third-order valence-corrected chi connectivity index (χ3v) is 4.76. The summed E-state index contributed by atoms with van der Waals surface area (Å²) in [5.74, 6) is -0.362. The first-order valence-corrected chi connectivity index (χ1v) is 8.45. The Morgan fingerprint density at radius 3 is 2.20 bits per heavy atom. The van der Waals surface area contributed by atoms with E-state index in [9.17, 15) is 9.59 Å². The van der Waals surface area contributed by atoms with Gasteiger partial charge in [-0.3, -0.25) is 14.5 Å². The van der Waals surface area contributed by atoms with Gasteiger partial charge >= 0.3 is 0 Å². The molecule has 0 unspecified atom stereocenters. The van der Waals surface area contributed by atoms with Crippen LogP contribution < -0.4 is 5.73 Å². The Morgan fingerprint density at radius 2 is 1.48 bits per heavy atom. The van der Waals surface area contributed by atoms with Crippen molar-refractivity contribution in [2.75, 3.05) is 12.3 Å². The van der Waals surface area contributed by atoms with Crippen LogP contribution in [0.3, 0.4) is 0 Å². The van der Waals surface area contributed by atoms with Gasteiger partial charge in [0.1, 0.15) is 0 Å². The number of aryl methyl sites for hydroxylation is 1. The number of unbranched alkanes of at least 4 members (excludes halogenated alkanes) is 1. The second kappa shape index (κ2) is 6.09. The van der Waals surface area contributed by atoms with E-state index >= 15 is 0 Å². The first-order chi connectivity index (χ1) is 12.2. The van der Waals surface area contributed by atoms with Gasteiger partial charge in [-0.15, -0.1) is 0 Å². The van der Waals surface area contributed by atoms with Crippen molar-refractivity contribution in [2.24, 2.45) is 0 Å². The minimum Gasteiger partial charge on any atom is -0.398 e. The molecule has 3 aromatic rings. The van der Waals surface area contributed by atoms with Crippen LogP contribution in [0.1, 0.15) is 33.6 Å². The fourth-order valence-electron chi connectivity index (χ4n) is 3.44. The first kappa shape index (κ1) is 15.4. The second-order valence-electron chi connectivity index (χ2n) is 6.30. The molecule has 2 heterocycles. The van der Waals surface area contributed by atoms with Gasteiger partial charge in [-0.1, -0.05) is 18.2 Å². The number of carbonyl (C=O) groups excluding carboxylic acids is 2. The molecule has 25 heavy (non-hydrogen) atoms. The average molecular weight is 333 g/mol. The normalized spacial score (nSPS) is 13.7. The van der Waals surface area contributed by atoms with E-state index in [-0.39, 0.29) is 11.8 Å². The minimum atomic E-state index is -0.181. The van der Waals surface area contributed by atoms with Crippen LogP contribution in [0.15, 0.2) is 54.7 Å². The van der Waals surface area contributed by atoms with Gasteiger partial charge in [0, 0.05) is 30.4 Å². The van der Waals surface area contributed by atoms with E-state index in [2.05, 4.69) is 10.6 Å². The molecule has 0 aliphatic carbocycles. The van der Waals surface area contributed by atoms with Crippen molar-refractivity contribution >= 4 is 28.4 Å². The van der Waals surface area contributed by atoms with E-state index in [1.807, 2.05) is 24.4 Å². The molecule has 1 aliphatic rings. The van der Waals surface area contributed by atoms with E-state index in [1.165, 1.54) is 4.90 Å². The van der Waals surface area contributed by atoms with Crippen LogP contribution >= 0.6 is 0 Å². The van der Waals surface area contributed by atoms with E-state index < -0.39 is 0 Å². The predicted molar refractivity (Wildman–Crippen MR) is 97.4 cm³/mol. The number of amides is 2. The quantitative estimate of drug-likeness (QED) is 0.442. The van der Waals surface area contributed by atoms with Gasteiger partial charge in [-0.2, -0.15) is 0 Å². The Morgan fingerprint density at radius 1 is 0.800 bits per heavy atom. The van der Waals surface area contributed by atoms with Crippen molar-refractivity contribution in [3.63, 3.8) is 0 Å². The molecule has 2 aromatic carbocycles. The van der Waals surface area contributed by atoms with Crippen LogP contribution in [0.4, 0.5) is 5.69 Å². The molecule has 0 saturated heterocycles. The fourth-order valence-corrected chi connectivity index (χ4v) is 3.44. The summed E-state index contributed by atoms with van der Waals surface area (Å²) in [5.41, 5.74) is 8.90. The Kier molecular flexibility index (Phi) is 3.76. The van der Waals surface area contributed by atoms with E-state index in [1.54, 1.807) is 24.3 Å². The van der Waals surface area contributed by atoms with Gasteiger partial charge in [0.2, 0.25) is 0 Å². The Hall–Kier alpha value is -3.08. The predicted octanol–water partition coefficient (Wildman–Crippen LogP) is 3.30. The number of imide groups is 1. The smallest absolute Gasteiger partial charge is 0.261 e. The number of anilines is 1. The summed E-state index contributed by atoms with van der Waals surface area (Å²) in [4.78, 5) is 26.0. The third kappa shape index (κ3) is 2.58. The Labute approximate surface area is 145 Å². The van der Waals surface area contributed by atoms with E-state index in [0.717, 1.165) is 36.0 Å². The summed E-state index contributed by atoms with van der Waals surface area (Å²) >= 11 is 0. The number of fused-ring (bicyclic) bond motifs is 2. The van der Waals surface area contributed by atoms with Gasteiger partial charge < -0.3 is 10.3 Å². The molecular weight excluding hydrogens is 314 g/mol. The molecule has 0 fully saturated rings. The molecule has 0 bridgehead atoms. The van der Waals surface area contributed by atoms with Crippen molar-refractivity contribution < 1.29 is 9.59 Å². The molecule has 1 aliphatic heterocycles. The summed E-state index contributed by atoms with van der Waals surface area (Å²) in [6.45, 7) is 1.28. The number of hydrogen-bond acceptors (Lipinski definition) is 3. The highest BCUT2D eigenvalue weighted by Gasteiger charge is 2.34. The molecule has 4 rings (SSSR count). The molecule has 0 radical (unpaired) electrons. The van der Waals surface area contributed by atoms with Crippen LogP contribution in [0.2, 0.25) is 0 Å². The SMILES string of the molecule is Nc1cccc2c1ccn2CCCCN1C(=O)c2ccccc2C1=O. The zero-order valence-electron chi connectivity index (χ0n) is 13.8. The lowest BCUT2D eigenvalue weighted by Gasteiger charge is -2.14. The molecule has 2 amide bonds. The molecule has 126 valence electrons. The minimum absolute atomic E-state index is 0.181. The number of rotatable bonds is 5. The monoisotopic (exact) mass is 333 g/mol. The van der Waals surface area contributed by atoms with Crippen LogP contribution in [0.5, 0.6) is 0 Å². The highest BCUT2D eigenvalue weighted by molar-refractivity contribution is 6.21. The van der Waals surface area contributed by atoms with Crippen molar-refractivity contribution in [2.45, 2.75) is 19.4 Å². The number of aromatic nitrogens is 1. The number of nitrogen functional groups attached to an aromatic ring is 1. The van der Waals surface area contributed by atoms with Gasteiger partial charge in [0.25, 0.3) is 11.8 Å². The number of nitrogens with two attached hydrogens (primary N) is 1. The van der Waals surface area contributed by atoms with Gasteiger partial charge in [-0.05, 0) is 43.2 Å². The summed E-state index contributed by atoms with van der Waals surface area (Å²) in [7, 11) is 0. The molecular formula is C20H19N3O2. The zero-order valence-corrected chi connectivity index (χ0v) is 13.8. The molecule has 2 N–H and O–H groups in total. The topological polar surface area (TPSA) is 68.3 Å². The Balaban J connectivity index is 1.38. The van der Waals surface area contributed by atoms with E-state index in [4.69, 9.17) is 5.73 Å². The second-order valence-corrected chi connectivity index (χ2v) is 6.30. The van der Waals surface area contributed by atoms with Crippen molar-refractivity contribution in [3.8, 4) is 0 Å². The molecule has 0 atom stereocenters. The van der Waals surface area contributed by atoms with Crippen LogP contribution in [-0.2, 0) is 6.54 Å². The molecule has 0 spiro atoms. The highest BCUT2D eigenvalue weighted by atomic mass is 16.2. The molecule has 1 aromatic heterocycles. The first-order valence-electron chi connectivity index (χ1n) is 8.45. The van der Waals surface area contributed by atoms with Crippen LogP contribution in [0, 0.1) is 0 Å². The summed E-state index contributed by atoms with van der Waals surface area (Å²) < 4.78 is 2.16. The van der Waals surface area contributed by atoms with Crippen LogP contribution in [0.25, 0.3) is 10.9 Å². The average Bonchev–Trinajstić information content (AvgIpc) is 3.14. The molecule has 5 heteroatoms. The third-order valence-electron chi connectivity index (χ3n) is 4.76. The number of benzene rings is 2. The highest BCUT2D eigenvalue weighted by Crippen LogP contribution is 2.24. The van der Waals surface area contributed by atoms with Gasteiger partial charge in [0.05, 0.1) is 16.6 Å². The lowest BCUT2D eigenvalue weighted by atomic mass is 10.1. The van der Waals surface area contributed by atoms with Crippen molar-refractivity contribution in [1.82, 2.24) is 9.47 Å². The maximum atomic E-state index is 12.3. The molecule has 5 nitrogen and oxygen atoms in total. The largest absolute Gasteiger partial charge is 0.398 e. The van der Waals surface area contributed by atoms with Crippen LogP contribution in [-0.4, -0.2) is 27.8 Å². The summed E-state index contributed by atoms with van der Waals surface area (Å²) in [6.07, 6.45) is 3.68. The maximum Gasteiger partial charge on any atom is 0.261 e. The lowest BCUT2D eigenvalue weighted by molar-refractivity contribution is 0.0651. The van der Waals surface area contributed by atoms with Gasteiger partial charge in [0.15, 0.2) is 0 Å². The maximum absolute atomic E-state index is 12.3. The number of carbonyl (C=O) groups is 2. The summed E-state index contributed by atoms with van der Waals surface area (Å²) in [5, 5.41) is 1.06. The van der Waals surface area contributed by atoms with Gasteiger partial charge in [-0.25, -0.2) is 0 Å². The zero-order chi connectivity index (χ0) is 17.4. The summed E-state index contributed by atoms with van der Waals surface area (Å²) in [6, 6.07) is 14.9. The van der Waals surface area contributed by atoms with Crippen molar-refractivity contribution in [3.05, 3.63) is 65.9 Å². The molecule has 0 saturated carbocycles. The number of nitrogens with zero attached hydrogens (tertiary/aromatic N) is 2. The standard InChI is InChI=1S/C20H19N3O2/c21-17-8-5-9-18-16(17)10-13-22(18)11-3-4-12-23-19(24)14-6-1-2-7-15(14)20(23)25/h1-2,5-10,13H,3-4,11-12,21H2. The Bertz CT molecular complexity index is 939.